The first-order valence-corrected chi connectivity index (χ1v) is 6.38. The van der Waals surface area contributed by atoms with Crippen molar-refractivity contribution in [2.24, 2.45) is 0 Å². The number of ketones is 1. The molecule has 0 saturated heterocycles. The molecule has 0 aromatic carbocycles. The van der Waals surface area contributed by atoms with Crippen molar-refractivity contribution >= 4 is 17.5 Å². The van der Waals surface area contributed by atoms with Gasteiger partial charge in [0.2, 0.25) is 0 Å². The van der Waals surface area contributed by atoms with Crippen LogP contribution in [0.3, 0.4) is 0 Å². The summed E-state index contributed by atoms with van der Waals surface area (Å²) in [5.41, 5.74) is 1.56. The zero-order chi connectivity index (χ0) is 11.3. The second-order valence-electron chi connectivity index (χ2n) is 3.24. The minimum Gasteiger partial charge on any atom is -0.294 e. The van der Waals surface area contributed by atoms with Gasteiger partial charge in [-0.05, 0) is 19.1 Å². The Morgan fingerprint density at radius 1 is 1.47 bits per heavy atom. The molecular formula is C11H16N2OS. The predicted molar refractivity (Wildman–Crippen MR) is 62.4 cm³/mol. The van der Waals surface area contributed by atoms with Gasteiger partial charge in [-0.25, -0.2) is 9.97 Å². The molecule has 82 valence electrons. The van der Waals surface area contributed by atoms with E-state index in [0.29, 0.717) is 12.0 Å². The van der Waals surface area contributed by atoms with Crippen LogP contribution in [0.25, 0.3) is 0 Å². The molecule has 1 aromatic heterocycles. The summed E-state index contributed by atoms with van der Waals surface area (Å²) in [6.45, 7) is 4.01. The van der Waals surface area contributed by atoms with E-state index in [1.54, 1.807) is 6.20 Å². The predicted octanol–water partition coefficient (Wildman–Crippen LogP) is 2.74. The number of hydrogen-bond acceptors (Lipinski definition) is 4. The molecule has 3 nitrogen and oxygen atoms in total. The number of hydrogen-bond donors (Lipinski definition) is 0. The van der Waals surface area contributed by atoms with Gasteiger partial charge in [-0.1, -0.05) is 25.6 Å². The molecule has 15 heavy (non-hydrogen) atoms. The van der Waals surface area contributed by atoms with Crippen molar-refractivity contribution in [1.82, 2.24) is 9.97 Å². The Hall–Kier alpha value is -0.900. The lowest BCUT2D eigenvalue weighted by molar-refractivity contribution is 0.0980. The second kappa shape index (κ2) is 5.85. The second-order valence-corrected chi connectivity index (χ2v) is 4.02. The maximum atomic E-state index is 11.7. The fourth-order valence-electron chi connectivity index (χ4n) is 1.36. The molecule has 4 heteroatoms. The van der Waals surface area contributed by atoms with Crippen molar-refractivity contribution in [3.05, 3.63) is 17.5 Å². The van der Waals surface area contributed by atoms with Gasteiger partial charge >= 0.3 is 0 Å². The number of aryl methyl sites for hydroxylation is 1. The van der Waals surface area contributed by atoms with Gasteiger partial charge in [0.25, 0.3) is 0 Å². The summed E-state index contributed by atoms with van der Waals surface area (Å²) >= 11 is 1.50. The molecular weight excluding hydrogens is 208 g/mol. The van der Waals surface area contributed by atoms with Crippen molar-refractivity contribution in [3.8, 4) is 0 Å². The Labute approximate surface area is 94.7 Å². The Kier molecular flexibility index (Phi) is 4.75. The fourth-order valence-corrected chi connectivity index (χ4v) is 1.72. The summed E-state index contributed by atoms with van der Waals surface area (Å²) < 4.78 is 0. The average molecular weight is 224 g/mol. The lowest BCUT2D eigenvalue weighted by atomic mass is 10.1. The average Bonchev–Trinajstić information content (AvgIpc) is 2.28. The quantitative estimate of drug-likeness (QED) is 0.438. The van der Waals surface area contributed by atoms with E-state index < -0.39 is 0 Å². The number of Topliss-reactive ketones (excluding diaryl/α,β-unsaturated/α-hetero) is 1. The molecule has 0 fully saturated rings. The Morgan fingerprint density at radius 2 is 2.20 bits per heavy atom. The van der Waals surface area contributed by atoms with Crippen molar-refractivity contribution in [1.29, 1.82) is 0 Å². The van der Waals surface area contributed by atoms with E-state index in [0.717, 1.165) is 23.7 Å². The van der Waals surface area contributed by atoms with Gasteiger partial charge < -0.3 is 0 Å². The van der Waals surface area contributed by atoms with Crippen LogP contribution in [0.1, 0.15) is 42.7 Å². The highest BCUT2D eigenvalue weighted by Crippen LogP contribution is 2.14. The van der Waals surface area contributed by atoms with Gasteiger partial charge in [0, 0.05) is 12.6 Å². The molecule has 0 aliphatic carbocycles. The Balaban J connectivity index is 3.02. The molecule has 0 bridgehead atoms. The van der Waals surface area contributed by atoms with Crippen molar-refractivity contribution in [3.63, 3.8) is 0 Å². The van der Waals surface area contributed by atoms with E-state index in [-0.39, 0.29) is 5.78 Å². The van der Waals surface area contributed by atoms with Crippen LogP contribution in [-0.4, -0.2) is 22.0 Å². The minimum absolute atomic E-state index is 0.155. The molecule has 0 saturated carbocycles. The number of carbonyl (C=O) groups is 1. The summed E-state index contributed by atoms with van der Waals surface area (Å²) in [7, 11) is 0. The first kappa shape index (κ1) is 12.2. The third-order valence-corrected chi connectivity index (χ3v) is 2.70. The standard InChI is InChI=1S/C11H16N2OS/c1-4-6-10(14)8-7-12-11(15-3)13-9(8)5-2/h7H,4-6H2,1-3H3. The normalized spacial score (nSPS) is 10.3. The topological polar surface area (TPSA) is 42.9 Å². The van der Waals surface area contributed by atoms with E-state index in [4.69, 9.17) is 0 Å². The van der Waals surface area contributed by atoms with Crippen molar-refractivity contribution < 1.29 is 4.79 Å². The molecule has 0 unspecified atom stereocenters. The number of aromatic nitrogens is 2. The molecule has 1 rings (SSSR count). The summed E-state index contributed by atoms with van der Waals surface area (Å²) in [6, 6.07) is 0. The third-order valence-electron chi connectivity index (χ3n) is 2.14. The van der Waals surface area contributed by atoms with Gasteiger partial charge in [-0.15, -0.1) is 0 Å². The molecule has 0 radical (unpaired) electrons. The maximum absolute atomic E-state index is 11.7. The van der Waals surface area contributed by atoms with E-state index in [1.807, 2.05) is 20.1 Å². The van der Waals surface area contributed by atoms with E-state index in [1.165, 1.54) is 11.8 Å². The van der Waals surface area contributed by atoms with Crippen LogP contribution in [0, 0.1) is 0 Å². The van der Waals surface area contributed by atoms with Crippen molar-refractivity contribution in [2.75, 3.05) is 6.26 Å². The summed E-state index contributed by atoms with van der Waals surface area (Å²) in [6.07, 6.45) is 5.82. The third kappa shape index (κ3) is 3.02. The highest BCUT2D eigenvalue weighted by Gasteiger charge is 2.12. The largest absolute Gasteiger partial charge is 0.294 e. The number of carbonyl (C=O) groups excluding carboxylic acids is 1. The van der Waals surface area contributed by atoms with Gasteiger partial charge in [0.1, 0.15) is 0 Å². The maximum Gasteiger partial charge on any atom is 0.187 e. The van der Waals surface area contributed by atoms with Gasteiger partial charge in [0.15, 0.2) is 10.9 Å². The van der Waals surface area contributed by atoms with Gasteiger partial charge in [-0.3, -0.25) is 4.79 Å². The Morgan fingerprint density at radius 3 is 2.73 bits per heavy atom. The first-order chi connectivity index (χ1) is 7.22. The van der Waals surface area contributed by atoms with Crippen LogP contribution in [0.4, 0.5) is 0 Å². The van der Waals surface area contributed by atoms with Crippen LogP contribution >= 0.6 is 11.8 Å². The Bertz CT molecular complexity index is 352. The van der Waals surface area contributed by atoms with Crippen LogP contribution in [0.15, 0.2) is 11.4 Å². The number of thioether (sulfide) groups is 1. The molecule has 1 aromatic rings. The number of nitrogens with zero attached hydrogens (tertiary/aromatic N) is 2. The summed E-state index contributed by atoms with van der Waals surface area (Å²) in [4.78, 5) is 20.2. The smallest absolute Gasteiger partial charge is 0.187 e. The van der Waals surface area contributed by atoms with E-state index >= 15 is 0 Å². The minimum atomic E-state index is 0.155. The zero-order valence-corrected chi connectivity index (χ0v) is 10.2. The molecule has 0 spiro atoms. The van der Waals surface area contributed by atoms with Gasteiger partial charge in [0.05, 0.1) is 11.3 Å². The van der Waals surface area contributed by atoms with Crippen LogP contribution in [0.5, 0.6) is 0 Å². The van der Waals surface area contributed by atoms with E-state index in [2.05, 4.69) is 9.97 Å². The van der Waals surface area contributed by atoms with Crippen LogP contribution in [-0.2, 0) is 6.42 Å². The summed E-state index contributed by atoms with van der Waals surface area (Å²) in [5, 5.41) is 0.736. The molecule has 0 N–H and O–H groups in total. The lowest BCUT2D eigenvalue weighted by Crippen LogP contribution is -2.07. The fraction of sp³-hybridized carbons (Fsp3) is 0.545. The zero-order valence-electron chi connectivity index (χ0n) is 9.41. The van der Waals surface area contributed by atoms with E-state index in [9.17, 15) is 4.79 Å². The first-order valence-electron chi connectivity index (χ1n) is 5.16. The lowest BCUT2D eigenvalue weighted by Gasteiger charge is -2.05. The van der Waals surface area contributed by atoms with Crippen LogP contribution in [0.2, 0.25) is 0 Å². The molecule has 0 aliphatic rings. The van der Waals surface area contributed by atoms with Gasteiger partial charge in [-0.2, -0.15) is 0 Å². The van der Waals surface area contributed by atoms with Crippen LogP contribution < -0.4 is 0 Å². The molecule has 0 amide bonds. The molecule has 0 atom stereocenters. The SMILES string of the molecule is CCCC(=O)c1cnc(SC)nc1CC. The monoisotopic (exact) mass is 224 g/mol. The molecule has 0 aliphatic heterocycles. The summed E-state index contributed by atoms with van der Waals surface area (Å²) in [5.74, 6) is 0.155. The highest BCUT2D eigenvalue weighted by molar-refractivity contribution is 7.98. The number of rotatable bonds is 5. The highest BCUT2D eigenvalue weighted by atomic mass is 32.2. The van der Waals surface area contributed by atoms with Crippen molar-refractivity contribution in [2.45, 2.75) is 38.3 Å². The molecule has 1 heterocycles.